The van der Waals surface area contributed by atoms with Crippen molar-refractivity contribution < 1.29 is 19.4 Å². The van der Waals surface area contributed by atoms with Crippen LogP contribution in [-0.4, -0.2) is 71.8 Å². The summed E-state index contributed by atoms with van der Waals surface area (Å²) in [5.74, 6) is -0.422. The molecule has 3 aliphatic rings. The molecule has 3 fully saturated rings. The van der Waals surface area contributed by atoms with E-state index in [1.807, 2.05) is 4.90 Å². The Kier molecular flexibility index (Phi) is 10.5. The Hall–Kier alpha value is -1.83. The summed E-state index contributed by atoms with van der Waals surface area (Å²) in [6.45, 7) is 5.56. The van der Waals surface area contributed by atoms with Crippen molar-refractivity contribution in [2.75, 3.05) is 32.8 Å². The maximum absolute atomic E-state index is 12.6. The van der Waals surface area contributed by atoms with E-state index in [4.69, 9.17) is 9.84 Å². The van der Waals surface area contributed by atoms with Crippen LogP contribution in [0.3, 0.4) is 0 Å². The lowest BCUT2D eigenvalue weighted by Gasteiger charge is -2.36. The van der Waals surface area contributed by atoms with E-state index < -0.39 is 5.97 Å². The molecule has 2 heterocycles. The second-order valence-corrected chi connectivity index (χ2v) is 10.1. The molecule has 2 aliphatic heterocycles. The summed E-state index contributed by atoms with van der Waals surface area (Å²) in [4.78, 5) is 28.1. The molecule has 0 bridgehead atoms. The monoisotopic (exact) mass is 493 g/mol. The molecule has 0 unspecified atom stereocenters. The Bertz CT molecular complexity index is 757. The number of rotatable bonds is 7. The van der Waals surface area contributed by atoms with Crippen molar-refractivity contribution in [3.63, 3.8) is 0 Å². The van der Waals surface area contributed by atoms with Crippen molar-refractivity contribution in [1.29, 1.82) is 0 Å². The third-order valence-corrected chi connectivity index (χ3v) is 7.66. The molecule has 0 atom stereocenters. The first-order valence-electron chi connectivity index (χ1n) is 12.7. The van der Waals surface area contributed by atoms with Crippen molar-refractivity contribution in [3.8, 4) is 0 Å². The second kappa shape index (κ2) is 13.3. The molecule has 2 saturated heterocycles. The normalized spacial score (nSPS) is 24.9. The number of urea groups is 1. The van der Waals surface area contributed by atoms with Crippen LogP contribution in [0.4, 0.5) is 4.79 Å². The van der Waals surface area contributed by atoms with E-state index in [0.29, 0.717) is 24.9 Å². The molecule has 2 amide bonds. The van der Waals surface area contributed by atoms with Crippen LogP contribution in [0.1, 0.15) is 56.9 Å². The number of nitrogens with zero attached hydrogens (tertiary/aromatic N) is 2. The van der Waals surface area contributed by atoms with Gasteiger partial charge in [-0.15, -0.1) is 12.4 Å². The zero-order valence-corrected chi connectivity index (χ0v) is 20.9. The van der Waals surface area contributed by atoms with Crippen molar-refractivity contribution in [3.05, 3.63) is 35.9 Å². The molecule has 1 aliphatic carbocycles. The summed E-state index contributed by atoms with van der Waals surface area (Å²) in [7, 11) is 0. The van der Waals surface area contributed by atoms with Crippen LogP contribution >= 0.6 is 12.4 Å². The van der Waals surface area contributed by atoms with Crippen LogP contribution in [0, 0.1) is 11.8 Å². The Balaban J connectivity index is 0.00000324. The highest BCUT2D eigenvalue weighted by Gasteiger charge is 2.29. The number of halogens is 1. The zero-order valence-electron chi connectivity index (χ0n) is 20.1. The van der Waals surface area contributed by atoms with Crippen molar-refractivity contribution >= 4 is 24.4 Å². The van der Waals surface area contributed by atoms with Crippen LogP contribution in [0.25, 0.3) is 0 Å². The molecule has 190 valence electrons. The third kappa shape index (κ3) is 7.85. The highest BCUT2D eigenvalue weighted by Crippen LogP contribution is 2.25. The molecule has 0 spiro atoms. The number of carboxylic acid groups (broad SMARTS) is 1. The van der Waals surface area contributed by atoms with Gasteiger partial charge in [-0.2, -0.15) is 0 Å². The number of benzene rings is 1. The number of nitrogens with one attached hydrogen (secondary N) is 1. The third-order valence-electron chi connectivity index (χ3n) is 7.66. The summed E-state index contributed by atoms with van der Waals surface area (Å²) in [5.41, 5.74) is 1.38. The van der Waals surface area contributed by atoms with Crippen LogP contribution in [0.15, 0.2) is 30.3 Å². The van der Waals surface area contributed by atoms with E-state index in [9.17, 15) is 9.59 Å². The van der Waals surface area contributed by atoms with Crippen molar-refractivity contribution in [1.82, 2.24) is 15.1 Å². The van der Waals surface area contributed by atoms with Gasteiger partial charge in [0.15, 0.2) is 0 Å². The average Bonchev–Trinajstić information content (AvgIpc) is 2.85. The van der Waals surface area contributed by atoms with Gasteiger partial charge in [0.1, 0.15) is 0 Å². The molecule has 34 heavy (non-hydrogen) atoms. The Morgan fingerprint density at radius 1 is 0.912 bits per heavy atom. The lowest BCUT2D eigenvalue weighted by molar-refractivity contribution is -0.142. The lowest BCUT2D eigenvalue weighted by atomic mass is 9.86. The Morgan fingerprint density at radius 2 is 1.56 bits per heavy atom. The number of ether oxygens (including phenoxy) is 1. The minimum atomic E-state index is -0.707. The number of aliphatic carboxylic acids is 1. The van der Waals surface area contributed by atoms with E-state index >= 15 is 0 Å². The molecular weight excluding hydrogens is 454 g/mol. The quantitative estimate of drug-likeness (QED) is 0.596. The molecule has 7 nitrogen and oxygen atoms in total. The van der Waals surface area contributed by atoms with Gasteiger partial charge in [0.2, 0.25) is 0 Å². The van der Waals surface area contributed by atoms with Gasteiger partial charge in [-0.3, -0.25) is 9.69 Å². The molecule has 4 rings (SSSR count). The first-order valence-corrected chi connectivity index (χ1v) is 12.7. The second-order valence-electron chi connectivity index (χ2n) is 10.1. The number of hydrogen-bond acceptors (Lipinski definition) is 4. The number of amides is 2. The summed E-state index contributed by atoms with van der Waals surface area (Å²) in [5, 5.41) is 12.2. The summed E-state index contributed by atoms with van der Waals surface area (Å²) in [6, 6.07) is 10.8. The van der Waals surface area contributed by atoms with Gasteiger partial charge in [-0.25, -0.2) is 4.79 Å². The standard InChI is InChI=1S/C26H39N3O4.ClH/c30-25(31)22-6-8-23(9-7-22)27-26(32)29-16-10-21(11-17-29)19-33-24-12-14-28(15-13-24)18-20-4-2-1-3-5-20;/h1-5,21-24H,6-19H2,(H,27,32)(H,30,31);1H. The first-order chi connectivity index (χ1) is 16.1. The maximum Gasteiger partial charge on any atom is 0.317 e. The van der Waals surface area contributed by atoms with Gasteiger partial charge in [0.25, 0.3) is 0 Å². The first kappa shape index (κ1) is 26.8. The number of carbonyl (C=O) groups excluding carboxylic acids is 1. The molecule has 1 aromatic carbocycles. The van der Waals surface area contributed by atoms with E-state index in [1.165, 1.54) is 5.56 Å². The SMILES string of the molecule is Cl.O=C(O)C1CCC(NC(=O)N2CCC(COC3CCN(Cc4ccccc4)CC3)CC2)CC1. The fourth-order valence-electron chi connectivity index (χ4n) is 5.40. The van der Waals surface area contributed by atoms with Crippen LogP contribution < -0.4 is 5.32 Å². The molecule has 1 saturated carbocycles. The lowest BCUT2D eigenvalue weighted by Crippen LogP contribution is -2.49. The fraction of sp³-hybridized carbons (Fsp3) is 0.692. The van der Waals surface area contributed by atoms with Gasteiger partial charge < -0.3 is 20.1 Å². The van der Waals surface area contributed by atoms with Crippen molar-refractivity contribution in [2.45, 2.75) is 70.1 Å². The van der Waals surface area contributed by atoms with Crippen LogP contribution in [0.5, 0.6) is 0 Å². The van der Waals surface area contributed by atoms with E-state index in [-0.39, 0.29) is 30.4 Å². The predicted molar refractivity (Wildman–Crippen MR) is 134 cm³/mol. The largest absolute Gasteiger partial charge is 0.481 e. The number of hydrogen-bond donors (Lipinski definition) is 2. The summed E-state index contributed by atoms with van der Waals surface area (Å²) < 4.78 is 6.27. The minimum absolute atomic E-state index is 0. The summed E-state index contributed by atoms with van der Waals surface area (Å²) >= 11 is 0. The molecular formula is C26H40ClN3O4. The van der Waals surface area contributed by atoms with E-state index in [2.05, 4.69) is 40.5 Å². The van der Waals surface area contributed by atoms with Crippen molar-refractivity contribution in [2.24, 2.45) is 11.8 Å². The Morgan fingerprint density at radius 3 is 2.18 bits per heavy atom. The molecule has 2 N–H and O–H groups in total. The molecule has 1 aromatic rings. The maximum atomic E-state index is 12.6. The fourth-order valence-corrected chi connectivity index (χ4v) is 5.40. The smallest absolute Gasteiger partial charge is 0.317 e. The van der Waals surface area contributed by atoms with Gasteiger partial charge in [-0.1, -0.05) is 30.3 Å². The zero-order chi connectivity index (χ0) is 23.0. The number of carbonyl (C=O) groups is 2. The van der Waals surface area contributed by atoms with Gasteiger partial charge in [0.05, 0.1) is 12.0 Å². The minimum Gasteiger partial charge on any atom is -0.481 e. The summed E-state index contributed by atoms with van der Waals surface area (Å²) in [6.07, 6.45) is 7.37. The van der Waals surface area contributed by atoms with Crippen LogP contribution in [0.2, 0.25) is 0 Å². The number of likely N-dealkylation sites (tertiary alicyclic amines) is 2. The predicted octanol–water partition coefficient (Wildman–Crippen LogP) is 4.15. The van der Waals surface area contributed by atoms with Gasteiger partial charge in [0, 0.05) is 45.4 Å². The average molecular weight is 494 g/mol. The topological polar surface area (TPSA) is 82.1 Å². The molecule has 0 aromatic heterocycles. The van der Waals surface area contributed by atoms with Crippen LogP contribution in [-0.2, 0) is 16.1 Å². The highest BCUT2D eigenvalue weighted by atomic mass is 35.5. The van der Waals surface area contributed by atoms with Gasteiger partial charge >= 0.3 is 12.0 Å². The highest BCUT2D eigenvalue weighted by molar-refractivity contribution is 5.85. The number of piperidine rings is 2. The van der Waals surface area contributed by atoms with E-state index in [0.717, 1.165) is 77.9 Å². The molecule has 0 radical (unpaired) electrons. The Labute approximate surface area is 209 Å². The molecule has 8 heteroatoms. The number of carboxylic acids is 1. The van der Waals surface area contributed by atoms with E-state index in [1.54, 1.807) is 0 Å². The van der Waals surface area contributed by atoms with Gasteiger partial charge in [-0.05, 0) is 62.8 Å².